The summed E-state index contributed by atoms with van der Waals surface area (Å²) in [5.74, 6) is 0.948. The van der Waals surface area contributed by atoms with Gasteiger partial charge in [-0.3, -0.25) is 9.59 Å². The van der Waals surface area contributed by atoms with E-state index in [2.05, 4.69) is 15.6 Å². The van der Waals surface area contributed by atoms with Crippen molar-refractivity contribution >= 4 is 45.8 Å². The second-order valence-electron chi connectivity index (χ2n) is 7.15. The van der Waals surface area contributed by atoms with E-state index in [0.29, 0.717) is 28.0 Å². The van der Waals surface area contributed by atoms with Crippen LogP contribution in [0.2, 0.25) is 5.02 Å². The Kier molecular flexibility index (Phi) is 6.37. The molecule has 0 saturated heterocycles. The van der Waals surface area contributed by atoms with E-state index in [1.165, 1.54) is 6.92 Å². The number of carbonyl (C=O) groups excluding carboxylic acids is 2. The largest absolute Gasteiger partial charge is 0.486 e. The number of hydrogen-bond acceptors (Lipinski definition) is 4. The highest BCUT2D eigenvalue weighted by Crippen LogP contribution is 2.20. The number of anilines is 2. The number of imidazole rings is 1. The number of rotatable bonds is 7. The third-order valence-corrected chi connectivity index (χ3v) is 4.96. The summed E-state index contributed by atoms with van der Waals surface area (Å²) < 4.78 is 7.69. The van der Waals surface area contributed by atoms with Gasteiger partial charge < -0.3 is 19.9 Å². The van der Waals surface area contributed by atoms with Gasteiger partial charge in [-0.2, -0.15) is 0 Å². The van der Waals surface area contributed by atoms with Crippen molar-refractivity contribution in [2.45, 2.75) is 20.1 Å². The number of nitrogens with one attached hydrogen (secondary N) is 2. The van der Waals surface area contributed by atoms with Gasteiger partial charge in [-0.25, -0.2) is 4.98 Å². The molecule has 0 bridgehead atoms. The normalized spacial score (nSPS) is 10.7. The number of amides is 2. The van der Waals surface area contributed by atoms with Crippen molar-refractivity contribution in [2.75, 3.05) is 10.6 Å². The number of carbonyl (C=O) groups is 2. The summed E-state index contributed by atoms with van der Waals surface area (Å²) in [7, 11) is 0. The molecule has 2 amide bonds. The highest BCUT2D eigenvalue weighted by molar-refractivity contribution is 6.30. The molecular weight excluding hydrogens is 428 g/mol. The Morgan fingerprint density at radius 1 is 0.938 bits per heavy atom. The number of halogens is 1. The van der Waals surface area contributed by atoms with Crippen LogP contribution in [-0.4, -0.2) is 21.4 Å². The lowest BCUT2D eigenvalue weighted by Gasteiger charge is -2.11. The molecule has 0 atom stereocenters. The first kappa shape index (κ1) is 21.4. The number of aromatic nitrogens is 2. The van der Waals surface area contributed by atoms with Gasteiger partial charge in [0.2, 0.25) is 11.8 Å². The molecule has 162 valence electrons. The Morgan fingerprint density at radius 2 is 1.59 bits per heavy atom. The molecule has 1 heterocycles. The van der Waals surface area contributed by atoms with Gasteiger partial charge in [-0.15, -0.1) is 0 Å². The van der Waals surface area contributed by atoms with Gasteiger partial charge in [-0.1, -0.05) is 23.7 Å². The van der Waals surface area contributed by atoms with Gasteiger partial charge in [0, 0.05) is 23.3 Å². The van der Waals surface area contributed by atoms with Crippen molar-refractivity contribution in [1.29, 1.82) is 0 Å². The van der Waals surface area contributed by atoms with E-state index in [4.69, 9.17) is 16.3 Å². The molecule has 3 aromatic carbocycles. The Bertz CT molecular complexity index is 1250. The van der Waals surface area contributed by atoms with Gasteiger partial charge in [0.15, 0.2) is 0 Å². The molecule has 0 fully saturated rings. The van der Waals surface area contributed by atoms with Crippen molar-refractivity contribution in [3.8, 4) is 5.75 Å². The first-order chi connectivity index (χ1) is 15.5. The van der Waals surface area contributed by atoms with Crippen LogP contribution in [0.4, 0.5) is 11.4 Å². The molecule has 0 saturated carbocycles. The maximum atomic E-state index is 12.8. The highest BCUT2D eigenvalue weighted by atomic mass is 35.5. The summed E-state index contributed by atoms with van der Waals surface area (Å²) >= 11 is 5.93. The molecule has 7 nitrogen and oxygen atoms in total. The first-order valence-corrected chi connectivity index (χ1v) is 10.4. The average Bonchev–Trinajstić information content (AvgIpc) is 3.12. The second kappa shape index (κ2) is 9.53. The van der Waals surface area contributed by atoms with Gasteiger partial charge in [0.1, 0.15) is 24.7 Å². The lowest BCUT2D eigenvalue weighted by Crippen LogP contribution is -2.20. The maximum absolute atomic E-state index is 12.8. The predicted molar refractivity (Wildman–Crippen MR) is 125 cm³/mol. The van der Waals surface area contributed by atoms with Crippen LogP contribution in [0.15, 0.2) is 72.8 Å². The topological polar surface area (TPSA) is 85.2 Å². The van der Waals surface area contributed by atoms with E-state index in [0.717, 1.165) is 11.0 Å². The number of benzene rings is 3. The standard InChI is InChI=1S/C24H21ClN4O3/c1-16(30)26-18-8-10-19(11-9-18)27-24(31)14-29-22-5-3-2-4-21(22)28-23(29)15-32-20-12-6-17(25)7-13-20/h2-13H,14-15H2,1H3,(H,26,30)(H,27,31). The van der Waals surface area contributed by atoms with E-state index in [-0.39, 0.29) is 25.0 Å². The summed E-state index contributed by atoms with van der Waals surface area (Å²) in [6.45, 7) is 1.72. The Labute approximate surface area is 190 Å². The van der Waals surface area contributed by atoms with Crippen molar-refractivity contribution in [3.05, 3.63) is 83.6 Å². The molecule has 1 aromatic heterocycles. The highest BCUT2D eigenvalue weighted by Gasteiger charge is 2.14. The van der Waals surface area contributed by atoms with E-state index in [1.54, 1.807) is 48.5 Å². The van der Waals surface area contributed by atoms with Crippen LogP contribution < -0.4 is 15.4 Å². The molecule has 0 aliphatic heterocycles. The third kappa shape index (κ3) is 5.25. The van der Waals surface area contributed by atoms with Crippen LogP contribution in [0.25, 0.3) is 11.0 Å². The van der Waals surface area contributed by atoms with Crippen LogP contribution in [0.5, 0.6) is 5.75 Å². The maximum Gasteiger partial charge on any atom is 0.244 e. The second-order valence-corrected chi connectivity index (χ2v) is 7.59. The van der Waals surface area contributed by atoms with Gasteiger partial charge in [-0.05, 0) is 60.7 Å². The lowest BCUT2D eigenvalue weighted by molar-refractivity contribution is -0.117. The summed E-state index contributed by atoms with van der Waals surface area (Å²) in [5, 5.41) is 6.20. The molecule has 8 heteroatoms. The molecule has 0 radical (unpaired) electrons. The monoisotopic (exact) mass is 448 g/mol. The Hall–Kier alpha value is -3.84. The first-order valence-electron chi connectivity index (χ1n) is 9.98. The van der Waals surface area contributed by atoms with Crippen LogP contribution in [0.3, 0.4) is 0 Å². The molecule has 0 aliphatic rings. The van der Waals surface area contributed by atoms with Gasteiger partial charge >= 0.3 is 0 Å². The zero-order valence-electron chi connectivity index (χ0n) is 17.3. The minimum atomic E-state index is -0.201. The summed E-state index contributed by atoms with van der Waals surface area (Å²) in [4.78, 5) is 28.5. The summed E-state index contributed by atoms with van der Waals surface area (Å²) in [6.07, 6.45) is 0. The van der Waals surface area contributed by atoms with E-state index in [9.17, 15) is 9.59 Å². The van der Waals surface area contributed by atoms with E-state index >= 15 is 0 Å². The van der Waals surface area contributed by atoms with E-state index < -0.39 is 0 Å². The Morgan fingerprint density at radius 3 is 2.28 bits per heavy atom. The SMILES string of the molecule is CC(=O)Nc1ccc(NC(=O)Cn2c(COc3ccc(Cl)cc3)nc3ccccc32)cc1. The third-order valence-electron chi connectivity index (χ3n) is 4.71. The smallest absolute Gasteiger partial charge is 0.244 e. The average molecular weight is 449 g/mol. The number of fused-ring (bicyclic) bond motifs is 1. The molecule has 4 rings (SSSR count). The fraction of sp³-hybridized carbons (Fsp3) is 0.125. The van der Waals surface area contributed by atoms with Crippen LogP contribution in [-0.2, 0) is 22.7 Å². The fourth-order valence-electron chi connectivity index (χ4n) is 3.27. The molecular formula is C24H21ClN4O3. The van der Waals surface area contributed by atoms with Crippen LogP contribution >= 0.6 is 11.6 Å². The lowest BCUT2D eigenvalue weighted by atomic mass is 10.2. The van der Waals surface area contributed by atoms with Crippen LogP contribution in [0, 0.1) is 0 Å². The Balaban J connectivity index is 1.49. The zero-order chi connectivity index (χ0) is 22.5. The molecule has 2 N–H and O–H groups in total. The predicted octanol–water partition coefficient (Wildman–Crippen LogP) is 4.87. The molecule has 0 spiro atoms. The van der Waals surface area contributed by atoms with Crippen molar-refractivity contribution in [3.63, 3.8) is 0 Å². The van der Waals surface area contributed by atoms with E-state index in [1.807, 2.05) is 28.8 Å². The zero-order valence-corrected chi connectivity index (χ0v) is 18.1. The number of ether oxygens (including phenoxy) is 1. The summed E-state index contributed by atoms with van der Waals surface area (Å²) in [6, 6.07) is 21.6. The minimum absolute atomic E-state index is 0.0767. The van der Waals surface area contributed by atoms with Crippen molar-refractivity contribution in [1.82, 2.24) is 9.55 Å². The van der Waals surface area contributed by atoms with Crippen molar-refractivity contribution in [2.24, 2.45) is 0 Å². The van der Waals surface area contributed by atoms with Gasteiger partial charge in [0.05, 0.1) is 11.0 Å². The quantitative estimate of drug-likeness (QED) is 0.422. The van der Waals surface area contributed by atoms with Crippen LogP contribution in [0.1, 0.15) is 12.7 Å². The van der Waals surface area contributed by atoms with Gasteiger partial charge in [0.25, 0.3) is 0 Å². The van der Waals surface area contributed by atoms with Crippen molar-refractivity contribution < 1.29 is 14.3 Å². The number of para-hydroxylation sites is 2. The molecule has 4 aromatic rings. The molecule has 0 unspecified atom stereocenters. The number of nitrogens with zero attached hydrogens (tertiary/aromatic N) is 2. The minimum Gasteiger partial charge on any atom is -0.486 e. The molecule has 32 heavy (non-hydrogen) atoms. The fourth-order valence-corrected chi connectivity index (χ4v) is 3.40. The number of hydrogen-bond donors (Lipinski definition) is 2. The molecule has 0 aliphatic carbocycles. The summed E-state index contributed by atoms with van der Waals surface area (Å²) in [5.41, 5.74) is 2.93.